The van der Waals surface area contributed by atoms with Crippen molar-refractivity contribution in [3.05, 3.63) is 16.6 Å². The minimum absolute atomic E-state index is 0.00735. The van der Waals surface area contributed by atoms with E-state index in [1.165, 1.54) is 12.8 Å². The topological polar surface area (TPSA) is 54.0 Å². The predicted octanol–water partition coefficient (Wildman–Crippen LogP) is 1.33. The van der Waals surface area contributed by atoms with Crippen molar-refractivity contribution in [1.29, 1.82) is 0 Å². The van der Waals surface area contributed by atoms with Crippen LogP contribution in [-0.2, 0) is 11.2 Å². The van der Waals surface area contributed by atoms with Crippen LogP contribution in [0.5, 0.6) is 0 Å². The number of hydrogen-bond donors (Lipinski definition) is 2. The molecule has 2 heterocycles. The summed E-state index contributed by atoms with van der Waals surface area (Å²) in [5.74, 6) is 0.141. The summed E-state index contributed by atoms with van der Waals surface area (Å²) >= 11 is 1.59. The van der Waals surface area contributed by atoms with Crippen molar-refractivity contribution in [1.82, 2.24) is 15.6 Å². The molecule has 1 aromatic rings. The second-order valence-corrected chi connectivity index (χ2v) is 5.10. The van der Waals surface area contributed by atoms with Crippen LogP contribution in [0, 0.1) is 0 Å². The normalized spacial score (nSPS) is 20.8. The fraction of sp³-hybridized carbons (Fsp3) is 0.667. The van der Waals surface area contributed by atoms with Crippen LogP contribution in [0.25, 0.3) is 0 Å². The van der Waals surface area contributed by atoms with Crippen molar-refractivity contribution in [3.63, 3.8) is 0 Å². The molecule has 17 heavy (non-hydrogen) atoms. The molecule has 1 aliphatic heterocycles. The van der Waals surface area contributed by atoms with Gasteiger partial charge >= 0.3 is 0 Å². The van der Waals surface area contributed by atoms with Crippen LogP contribution < -0.4 is 10.6 Å². The minimum Gasteiger partial charge on any atom is -0.354 e. The maximum atomic E-state index is 11.9. The Morgan fingerprint density at radius 1 is 1.53 bits per heavy atom. The average molecular weight is 253 g/mol. The molecule has 4 nitrogen and oxygen atoms in total. The zero-order chi connectivity index (χ0) is 11.9. The number of hydrogen-bond acceptors (Lipinski definition) is 4. The largest absolute Gasteiger partial charge is 0.354 e. The summed E-state index contributed by atoms with van der Waals surface area (Å²) in [5, 5.41) is 8.30. The van der Waals surface area contributed by atoms with Crippen molar-refractivity contribution < 1.29 is 4.79 Å². The fourth-order valence-electron chi connectivity index (χ4n) is 2.05. The van der Waals surface area contributed by atoms with Crippen molar-refractivity contribution in [2.24, 2.45) is 0 Å². The van der Waals surface area contributed by atoms with Gasteiger partial charge in [0, 0.05) is 18.3 Å². The van der Waals surface area contributed by atoms with E-state index in [1.807, 2.05) is 10.9 Å². The molecule has 1 unspecified atom stereocenters. The van der Waals surface area contributed by atoms with Gasteiger partial charge in [-0.1, -0.05) is 12.8 Å². The molecular formula is C12H19N3OS. The Morgan fingerprint density at radius 2 is 2.47 bits per heavy atom. The second-order valence-electron chi connectivity index (χ2n) is 4.38. The summed E-state index contributed by atoms with van der Waals surface area (Å²) in [7, 11) is 0. The molecule has 0 spiro atoms. The maximum absolute atomic E-state index is 11.9. The molecule has 0 radical (unpaired) electrons. The fourth-order valence-corrected chi connectivity index (χ4v) is 2.64. The quantitative estimate of drug-likeness (QED) is 0.851. The molecule has 1 atom stereocenters. The van der Waals surface area contributed by atoms with Gasteiger partial charge in [0.1, 0.15) is 0 Å². The maximum Gasteiger partial charge on any atom is 0.237 e. The van der Waals surface area contributed by atoms with E-state index in [0.717, 1.165) is 31.5 Å². The molecule has 2 rings (SSSR count). The summed E-state index contributed by atoms with van der Waals surface area (Å²) in [4.78, 5) is 16.1. The van der Waals surface area contributed by atoms with E-state index in [9.17, 15) is 4.79 Å². The zero-order valence-corrected chi connectivity index (χ0v) is 10.8. The third-order valence-electron chi connectivity index (χ3n) is 3.04. The number of rotatable bonds is 4. The van der Waals surface area contributed by atoms with Gasteiger partial charge in [-0.05, 0) is 19.4 Å². The lowest BCUT2D eigenvalue weighted by molar-refractivity contribution is -0.123. The first-order chi connectivity index (χ1) is 8.36. The van der Waals surface area contributed by atoms with Crippen LogP contribution in [0.4, 0.5) is 0 Å². The Hall–Kier alpha value is -0.940. The van der Waals surface area contributed by atoms with E-state index >= 15 is 0 Å². The molecule has 0 saturated carbocycles. The molecule has 5 heteroatoms. The number of nitrogens with one attached hydrogen (secondary N) is 2. The van der Waals surface area contributed by atoms with Crippen LogP contribution >= 0.6 is 11.3 Å². The van der Waals surface area contributed by atoms with E-state index in [1.54, 1.807) is 11.3 Å². The van der Waals surface area contributed by atoms with Crippen molar-refractivity contribution in [2.75, 3.05) is 13.1 Å². The molecule has 1 aromatic heterocycles. The summed E-state index contributed by atoms with van der Waals surface area (Å²) < 4.78 is 0. The molecular weight excluding hydrogens is 234 g/mol. The first-order valence-corrected chi connectivity index (χ1v) is 7.19. The van der Waals surface area contributed by atoms with E-state index in [2.05, 4.69) is 15.6 Å². The van der Waals surface area contributed by atoms with Crippen molar-refractivity contribution in [2.45, 2.75) is 38.1 Å². The third kappa shape index (κ3) is 4.09. The van der Waals surface area contributed by atoms with Gasteiger partial charge in [-0.25, -0.2) is 4.98 Å². The number of carbonyl (C=O) groups excluding carboxylic acids is 1. The molecule has 0 bridgehead atoms. The first kappa shape index (κ1) is 12.5. The number of nitrogens with zero attached hydrogens (tertiary/aromatic N) is 1. The lowest BCUT2D eigenvalue weighted by atomic mass is 10.1. The van der Waals surface area contributed by atoms with Gasteiger partial charge in [-0.2, -0.15) is 0 Å². The Bertz CT molecular complexity index is 332. The highest BCUT2D eigenvalue weighted by Gasteiger charge is 2.18. The molecule has 1 saturated heterocycles. The van der Waals surface area contributed by atoms with Crippen LogP contribution in [-0.4, -0.2) is 30.0 Å². The molecule has 1 aliphatic rings. The number of aromatic nitrogens is 1. The Balaban J connectivity index is 1.69. The molecule has 0 aliphatic carbocycles. The number of amides is 1. The Morgan fingerprint density at radius 3 is 3.29 bits per heavy atom. The van der Waals surface area contributed by atoms with E-state index in [-0.39, 0.29) is 11.9 Å². The first-order valence-electron chi connectivity index (χ1n) is 6.24. The number of carbonyl (C=O) groups is 1. The van der Waals surface area contributed by atoms with E-state index in [4.69, 9.17) is 0 Å². The Kier molecular flexibility index (Phi) is 4.94. The number of thiazole rings is 1. The van der Waals surface area contributed by atoms with Gasteiger partial charge < -0.3 is 10.6 Å². The lowest BCUT2D eigenvalue weighted by Crippen LogP contribution is -2.44. The Labute approximate surface area is 106 Å². The summed E-state index contributed by atoms with van der Waals surface area (Å²) in [6, 6.07) is 0.00735. The average Bonchev–Trinajstić information content (AvgIpc) is 2.69. The van der Waals surface area contributed by atoms with Gasteiger partial charge in [0.15, 0.2) is 0 Å². The summed E-state index contributed by atoms with van der Waals surface area (Å²) in [5.41, 5.74) is 2.88. The summed E-state index contributed by atoms with van der Waals surface area (Å²) in [6.07, 6.45) is 5.35. The highest BCUT2D eigenvalue weighted by atomic mass is 32.1. The SMILES string of the molecule is O=C(NCCc1cscn1)C1CCCCCN1. The molecule has 1 fully saturated rings. The van der Waals surface area contributed by atoms with Crippen molar-refractivity contribution >= 4 is 17.2 Å². The van der Waals surface area contributed by atoms with Crippen LogP contribution in [0.2, 0.25) is 0 Å². The van der Waals surface area contributed by atoms with Crippen LogP contribution in [0.3, 0.4) is 0 Å². The lowest BCUT2D eigenvalue weighted by Gasteiger charge is -2.15. The molecule has 0 aromatic carbocycles. The summed E-state index contributed by atoms with van der Waals surface area (Å²) in [6.45, 7) is 1.64. The highest BCUT2D eigenvalue weighted by molar-refractivity contribution is 7.07. The van der Waals surface area contributed by atoms with Gasteiger partial charge in [-0.15, -0.1) is 11.3 Å². The molecule has 2 N–H and O–H groups in total. The van der Waals surface area contributed by atoms with E-state index < -0.39 is 0 Å². The van der Waals surface area contributed by atoms with Crippen LogP contribution in [0.15, 0.2) is 10.9 Å². The zero-order valence-electron chi connectivity index (χ0n) is 9.95. The highest BCUT2D eigenvalue weighted by Crippen LogP contribution is 2.08. The molecule has 94 valence electrons. The van der Waals surface area contributed by atoms with Gasteiger partial charge in [0.2, 0.25) is 5.91 Å². The smallest absolute Gasteiger partial charge is 0.237 e. The second kappa shape index (κ2) is 6.71. The predicted molar refractivity (Wildman–Crippen MR) is 69.1 cm³/mol. The van der Waals surface area contributed by atoms with Gasteiger partial charge in [0.05, 0.1) is 17.2 Å². The monoisotopic (exact) mass is 253 g/mol. The van der Waals surface area contributed by atoms with Crippen molar-refractivity contribution in [3.8, 4) is 0 Å². The van der Waals surface area contributed by atoms with Gasteiger partial charge in [0.25, 0.3) is 0 Å². The van der Waals surface area contributed by atoms with Gasteiger partial charge in [-0.3, -0.25) is 4.79 Å². The standard InChI is InChI=1S/C12H19N3OS/c16-12(11-4-2-1-3-6-13-11)14-7-5-10-8-17-9-15-10/h8-9,11,13H,1-7H2,(H,14,16). The third-order valence-corrected chi connectivity index (χ3v) is 3.68. The minimum atomic E-state index is 0.00735. The van der Waals surface area contributed by atoms with Crippen LogP contribution in [0.1, 0.15) is 31.4 Å². The van der Waals surface area contributed by atoms with E-state index in [0.29, 0.717) is 6.54 Å². The molecule has 1 amide bonds.